The second-order valence-corrected chi connectivity index (χ2v) is 48.4. The monoisotopic (exact) mass is 2080 g/mol. The number of primary sulfonamides is 1. The number of ether oxygens (including phenoxy) is 1. The summed E-state index contributed by atoms with van der Waals surface area (Å²) in [5.74, 6) is -1.70. The first kappa shape index (κ1) is 110. The van der Waals surface area contributed by atoms with Gasteiger partial charge in [0, 0.05) is 196 Å². The number of carbonyl (C=O) groups excluding carboxylic acids is 5. The third-order valence-electron chi connectivity index (χ3n) is 24.7. The summed E-state index contributed by atoms with van der Waals surface area (Å²) in [6, 6.07) is 32.7. The Morgan fingerprint density at radius 2 is 0.603 bits per heavy atom. The van der Waals surface area contributed by atoms with Crippen molar-refractivity contribution in [1.29, 1.82) is 0 Å². The van der Waals surface area contributed by atoms with E-state index in [0.29, 0.717) is 126 Å². The molecule has 5 aromatic carbocycles. The highest BCUT2D eigenvalue weighted by atomic mass is 32.2. The summed E-state index contributed by atoms with van der Waals surface area (Å²) in [6.45, 7) is 26.4. The van der Waals surface area contributed by atoms with Crippen LogP contribution in [0, 0.1) is 49.3 Å². The molecule has 0 radical (unpaired) electrons. The first-order chi connectivity index (χ1) is 66.5. The Labute approximate surface area is 830 Å². The highest BCUT2D eigenvalue weighted by Crippen LogP contribution is 2.34. The van der Waals surface area contributed by atoms with Crippen LogP contribution in [-0.4, -0.2) is 228 Å². The maximum Gasteiger partial charge on any atom is 0.262 e. The number of hydrogen-bond donors (Lipinski definition) is 6. The maximum absolute atomic E-state index is 13.2. The van der Waals surface area contributed by atoms with Crippen molar-refractivity contribution in [2.75, 3.05) is 105 Å². The summed E-state index contributed by atoms with van der Waals surface area (Å²) in [7, 11) is -20.5. The molecule has 7 N–H and O–H groups in total. The SMILES string of the molecule is CC(C)n1cnc(S(=O)(=O)N2CCC(C(=O)Nc3ccc(S(N)(=O)=O)cc3)CC2)c1.CC(C)n1cnc(S(=O)(=O)N2CCC(C(=O)Nc3cccc(F)c3)CC2)c1.COc1cccc(NC(=O)C2CCN(S(=O)(=O)c3cn(C(C)C)cn3)CC2)c1.CSc1cccc(NC(=O)C2CCN(S(=O)(=O)c3cn(C(C)C)cn3)CC2)c1.Cc1cc(C)cc(NC(=O)C2CCN(S(=O)(=O)c3cn(C(C)C)cn3)CC2)c1. The molecule has 0 atom stereocenters. The van der Waals surface area contributed by atoms with E-state index >= 15 is 0 Å². The number of nitrogens with two attached hydrogens (primary N) is 1. The van der Waals surface area contributed by atoms with Gasteiger partial charge in [0.05, 0.1) is 43.6 Å². The first-order valence-corrected chi connectivity index (χ1v) is 56.5. The normalized spacial score (nSPS) is 16.5. The van der Waals surface area contributed by atoms with Gasteiger partial charge in [-0.15, -0.1) is 11.8 Å². The Morgan fingerprint density at radius 1 is 0.348 bits per heavy atom. The Balaban J connectivity index is 0.000000169. The summed E-state index contributed by atoms with van der Waals surface area (Å²) in [5.41, 5.74) is 5.26. The predicted molar refractivity (Wildman–Crippen MR) is 535 cm³/mol. The van der Waals surface area contributed by atoms with Crippen LogP contribution in [0.4, 0.5) is 32.8 Å². The molecule has 5 saturated heterocycles. The van der Waals surface area contributed by atoms with E-state index in [9.17, 15) is 78.9 Å². The molecule has 39 nitrogen and oxygen atoms in total. The summed E-state index contributed by atoms with van der Waals surface area (Å²) >= 11 is 1.62. The molecule has 10 aromatic rings. The van der Waals surface area contributed by atoms with Gasteiger partial charge in [-0.3, -0.25) is 24.0 Å². The number of aryl methyl sites for hydroxylation is 2. The molecule has 0 aliphatic carbocycles. The van der Waals surface area contributed by atoms with Gasteiger partial charge in [0.15, 0.2) is 25.1 Å². The van der Waals surface area contributed by atoms with Gasteiger partial charge in [-0.25, -0.2) is 85.0 Å². The van der Waals surface area contributed by atoms with Crippen molar-refractivity contribution in [2.45, 2.75) is 212 Å². The molecule has 5 aliphatic heterocycles. The van der Waals surface area contributed by atoms with Gasteiger partial charge >= 0.3 is 0 Å². The van der Waals surface area contributed by atoms with Crippen LogP contribution < -0.4 is 36.5 Å². The van der Waals surface area contributed by atoms with E-state index in [1.165, 1.54) is 95.4 Å². The van der Waals surface area contributed by atoms with E-state index in [2.05, 4.69) is 57.6 Å². The van der Waals surface area contributed by atoms with Crippen molar-refractivity contribution in [3.05, 3.63) is 195 Å². The zero-order chi connectivity index (χ0) is 103. The number of carbonyl (C=O) groups is 5. The van der Waals surface area contributed by atoms with E-state index in [1.54, 1.807) is 103 Å². The van der Waals surface area contributed by atoms with Crippen molar-refractivity contribution in [3.63, 3.8) is 0 Å². The number of nitrogens with one attached hydrogen (secondary N) is 5. The van der Waals surface area contributed by atoms with Crippen molar-refractivity contribution in [2.24, 2.45) is 34.7 Å². The summed E-state index contributed by atoms with van der Waals surface area (Å²) in [4.78, 5) is 83.9. The highest BCUT2D eigenvalue weighted by molar-refractivity contribution is 7.98. The molecule has 0 bridgehead atoms. The number of amides is 5. The minimum Gasteiger partial charge on any atom is -0.497 e. The third-order valence-corrected chi connectivity index (χ3v) is 35.3. The number of rotatable bonds is 28. The molecular weight excluding hydrogens is 1950 g/mol. The molecule has 5 fully saturated rings. The third kappa shape index (κ3) is 29.4. The second kappa shape index (κ2) is 48.4. The van der Waals surface area contributed by atoms with Gasteiger partial charge < -0.3 is 54.2 Å². The zero-order valence-electron chi connectivity index (χ0n) is 81.5. The molecule has 766 valence electrons. The summed E-state index contributed by atoms with van der Waals surface area (Å²) < 4.78 is 185. The van der Waals surface area contributed by atoms with E-state index in [1.807, 2.05) is 126 Å². The van der Waals surface area contributed by atoms with Crippen molar-refractivity contribution >= 4 is 130 Å². The summed E-state index contributed by atoms with van der Waals surface area (Å²) in [5, 5.41) is 19.5. The molecule has 5 aliphatic rings. The van der Waals surface area contributed by atoms with Crippen LogP contribution in [0.1, 0.15) is 175 Å². The van der Waals surface area contributed by atoms with E-state index in [-0.39, 0.29) is 146 Å². The van der Waals surface area contributed by atoms with Gasteiger partial charge in [0.1, 0.15) is 11.6 Å². The molecular formula is C94H128FN21O18S7. The smallest absolute Gasteiger partial charge is 0.262 e. The highest BCUT2D eigenvalue weighted by Gasteiger charge is 2.40. The number of imidazole rings is 5. The predicted octanol–water partition coefficient (Wildman–Crippen LogP) is 12.7. The van der Waals surface area contributed by atoms with Gasteiger partial charge in [0.25, 0.3) is 50.1 Å². The van der Waals surface area contributed by atoms with Gasteiger partial charge in [-0.2, -0.15) is 21.5 Å². The lowest BCUT2D eigenvalue weighted by atomic mass is 9.97. The van der Waals surface area contributed by atoms with Gasteiger partial charge in [0.2, 0.25) is 39.6 Å². The summed E-state index contributed by atoms with van der Waals surface area (Å²) in [6.07, 6.45) is 21.9. The van der Waals surface area contributed by atoms with Crippen LogP contribution in [0.3, 0.4) is 0 Å². The standard InChI is InChI=1S/C20H28N4O3S.C19H26N4O4S.C19H26N4O3S2.C18H23FN4O3S.C18H25N5O5S2/c1-14(2)23-12-19(21-13-23)28(26,27)24-7-5-17(6-8-24)20(25)22-18-10-15(3)9-16(4)11-18;2*1-14(2)22-12-18(20-13-22)28(25,26)23-9-7-15(8-10-23)19(24)21-16-5-4-6-17(11-16)27-3;1-13(2)22-11-17(20-12-22)27(25,26)23-8-6-14(7-9-23)18(24)21-16-5-3-4-15(19)10-16;1-13(2)22-11-17(20-12-22)30(27,28)23-9-7-14(8-10-23)18(24)21-15-3-5-16(6-4-15)29(19,25)26/h9-14,17H,5-8H2,1-4H3,(H,22,25);2*4-6,11-15H,7-10H2,1-3H3,(H,21,24);3-5,10-14H,6-9H2,1-2H3,(H,21,24);3-6,11-14H,7-10H2,1-2H3,(H,21,24)(H2,19,25,26). The van der Waals surface area contributed by atoms with Crippen LogP contribution in [0.5, 0.6) is 5.75 Å². The molecule has 5 aromatic heterocycles. The average molecular weight is 2080 g/mol. The van der Waals surface area contributed by atoms with Crippen molar-refractivity contribution < 1.29 is 83.6 Å². The van der Waals surface area contributed by atoms with E-state index < -0.39 is 66.0 Å². The van der Waals surface area contributed by atoms with Crippen LogP contribution in [0.2, 0.25) is 0 Å². The largest absolute Gasteiger partial charge is 0.497 e. The fourth-order valence-electron chi connectivity index (χ4n) is 16.1. The Morgan fingerprint density at radius 3 is 0.858 bits per heavy atom. The lowest BCUT2D eigenvalue weighted by molar-refractivity contribution is -0.121. The zero-order valence-corrected chi connectivity index (χ0v) is 87.2. The van der Waals surface area contributed by atoms with E-state index in [0.717, 1.165) is 27.4 Å². The molecule has 47 heteroatoms. The molecule has 141 heavy (non-hydrogen) atoms. The van der Waals surface area contributed by atoms with Gasteiger partial charge in [-0.05, 0) is 250 Å². The van der Waals surface area contributed by atoms with Crippen LogP contribution >= 0.6 is 11.8 Å². The number of benzene rings is 5. The fourth-order valence-corrected chi connectivity index (χ4v) is 24.0. The minimum absolute atomic E-state index is 0.00838. The first-order valence-electron chi connectivity index (χ1n) is 46.5. The lowest BCUT2D eigenvalue weighted by Crippen LogP contribution is -2.41. The lowest BCUT2D eigenvalue weighted by Gasteiger charge is -2.30. The topological polar surface area (TPSA) is 491 Å². The number of nitrogens with zero attached hydrogens (tertiary/aromatic N) is 15. The molecule has 5 amide bonds. The van der Waals surface area contributed by atoms with Crippen LogP contribution in [-0.2, 0) is 84.1 Å². The quantitative estimate of drug-likeness (QED) is 0.0248. The number of halogens is 1. The minimum atomic E-state index is -3.80. The number of methoxy groups -OCH3 is 1. The maximum atomic E-state index is 13.2. The van der Waals surface area contributed by atoms with Gasteiger partial charge in [-0.1, -0.05) is 24.3 Å². The Hall–Kier alpha value is -11.0. The average Bonchev–Trinajstić information content (AvgIpc) is 1.74. The number of sulfonamides is 6. The number of anilines is 5. The van der Waals surface area contributed by atoms with Crippen LogP contribution in [0.25, 0.3) is 0 Å². The molecule has 0 unspecified atom stereocenters. The molecule has 0 saturated carbocycles. The molecule has 15 rings (SSSR count). The van der Waals surface area contributed by atoms with Crippen molar-refractivity contribution in [3.8, 4) is 5.75 Å². The number of aromatic nitrogens is 10. The number of hydrogen-bond acceptors (Lipinski definition) is 24. The Bertz CT molecular complexity index is 6540. The molecule has 0 spiro atoms. The van der Waals surface area contributed by atoms with Crippen molar-refractivity contribution in [1.82, 2.24) is 69.3 Å². The number of piperidine rings is 5. The molecule has 10 heterocycles. The Kier molecular flexibility index (Phi) is 37.9. The van der Waals surface area contributed by atoms with Crippen LogP contribution in [0.15, 0.2) is 213 Å². The second-order valence-electron chi connectivity index (χ2n) is 36.5. The fraction of sp³-hybridized carbons (Fsp3) is 0.468. The van der Waals surface area contributed by atoms with E-state index in [4.69, 9.17) is 9.88 Å². The number of thioether (sulfide) groups is 1.